The molecule has 8 nitrogen and oxygen atoms in total. The molecule has 1 aliphatic carbocycles. The quantitative estimate of drug-likeness (QED) is 0.572. The molecule has 4 atom stereocenters. The van der Waals surface area contributed by atoms with E-state index < -0.39 is 0 Å². The van der Waals surface area contributed by atoms with E-state index in [1.165, 1.54) is 18.5 Å². The van der Waals surface area contributed by atoms with Crippen LogP contribution in [0.4, 0.5) is 5.69 Å². The molecule has 3 aliphatic rings. The number of amides is 1. The van der Waals surface area contributed by atoms with Gasteiger partial charge in [0.05, 0.1) is 36.1 Å². The maximum Gasteiger partial charge on any atom is 0.225 e. The first kappa shape index (κ1) is 25.2. The second kappa shape index (κ2) is 11.7. The summed E-state index contributed by atoms with van der Waals surface area (Å²) >= 11 is 0. The second-order valence-corrected chi connectivity index (χ2v) is 11.0. The third kappa shape index (κ3) is 6.27. The fraction of sp³-hybridized carbons (Fsp3) is 0.679. The van der Waals surface area contributed by atoms with Gasteiger partial charge in [-0.25, -0.2) is 4.68 Å². The molecule has 0 spiro atoms. The number of carbonyl (C=O) groups is 1. The number of carbonyl (C=O) groups excluding carboxylic acids is 1. The number of hydrogen-bond acceptors (Lipinski definition) is 6. The minimum absolute atomic E-state index is 0.0180. The first-order valence-corrected chi connectivity index (χ1v) is 13.9. The lowest BCUT2D eigenvalue weighted by atomic mass is 9.99. The molecule has 196 valence electrons. The smallest absolute Gasteiger partial charge is 0.225 e. The molecule has 1 amide bonds. The first-order chi connectivity index (χ1) is 17.5. The van der Waals surface area contributed by atoms with Crippen LogP contribution in [0.5, 0.6) is 0 Å². The van der Waals surface area contributed by atoms with E-state index in [1.807, 2.05) is 11.6 Å². The molecule has 0 bridgehead atoms. The Morgan fingerprint density at radius 1 is 1.06 bits per heavy atom. The summed E-state index contributed by atoms with van der Waals surface area (Å²) in [7, 11) is 0. The van der Waals surface area contributed by atoms with Crippen LogP contribution < -0.4 is 10.2 Å². The van der Waals surface area contributed by atoms with Crippen LogP contribution in [0.25, 0.3) is 0 Å². The molecule has 1 N–H and O–H groups in total. The van der Waals surface area contributed by atoms with Gasteiger partial charge in [0.2, 0.25) is 5.91 Å². The van der Waals surface area contributed by atoms with E-state index >= 15 is 0 Å². The maximum atomic E-state index is 12.7. The zero-order chi connectivity index (χ0) is 24.9. The number of benzene rings is 1. The van der Waals surface area contributed by atoms with Crippen LogP contribution in [0.3, 0.4) is 0 Å². The molecular formula is C28H42N6O2. The van der Waals surface area contributed by atoms with Gasteiger partial charge in [0.25, 0.3) is 0 Å². The van der Waals surface area contributed by atoms with Crippen molar-refractivity contribution in [2.75, 3.05) is 31.1 Å². The SMILES string of the molecule is C[C@H](C(=O)NC1CCCC1)[C@@H]1CC[C@H](C[C@@H](C)n2cc(CN3CCN(c4ccccc4)CC3)nn2)O1. The Bertz CT molecular complexity index is 967. The predicted octanol–water partition coefficient (Wildman–Crippen LogP) is 3.79. The summed E-state index contributed by atoms with van der Waals surface area (Å²) in [5.41, 5.74) is 2.33. The van der Waals surface area contributed by atoms with Crippen molar-refractivity contribution in [1.29, 1.82) is 0 Å². The monoisotopic (exact) mass is 494 g/mol. The van der Waals surface area contributed by atoms with E-state index in [-0.39, 0.29) is 30.1 Å². The summed E-state index contributed by atoms with van der Waals surface area (Å²) in [6.45, 7) is 9.17. The van der Waals surface area contributed by atoms with Gasteiger partial charge in [0, 0.05) is 44.5 Å². The number of rotatable bonds is 9. The number of aromatic nitrogens is 3. The largest absolute Gasteiger partial charge is 0.374 e. The molecule has 3 heterocycles. The van der Waals surface area contributed by atoms with Crippen LogP contribution in [0.15, 0.2) is 36.5 Å². The summed E-state index contributed by atoms with van der Waals surface area (Å²) in [5, 5.41) is 12.1. The number of anilines is 1. The lowest BCUT2D eigenvalue weighted by Crippen LogP contribution is -2.46. The van der Waals surface area contributed by atoms with Crippen LogP contribution in [0, 0.1) is 5.92 Å². The molecule has 2 aliphatic heterocycles. The highest BCUT2D eigenvalue weighted by Gasteiger charge is 2.34. The highest BCUT2D eigenvalue weighted by molar-refractivity contribution is 5.79. The van der Waals surface area contributed by atoms with E-state index in [2.05, 4.69) is 68.9 Å². The summed E-state index contributed by atoms with van der Waals surface area (Å²) in [4.78, 5) is 17.6. The molecule has 1 aromatic carbocycles. The topological polar surface area (TPSA) is 75.5 Å². The average Bonchev–Trinajstić information content (AvgIpc) is 3.67. The number of hydrogen-bond donors (Lipinski definition) is 1. The molecule has 5 rings (SSSR count). The van der Waals surface area contributed by atoms with Gasteiger partial charge in [0.1, 0.15) is 0 Å². The van der Waals surface area contributed by atoms with Crippen molar-refractivity contribution >= 4 is 11.6 Å². The number of nitrogens with one attached hydrogen (secondary N) is 1. The second-order valence-electron chi connectivity index (χ2n) is 11.0. The number of para-hydroxylation sites is 1. The Morgan fingerprint density at radius 2 is 1.81 bits per heavy atom. The molecule has 36 heavy (non-hydrogen) atoms. The van der Waals surface area contributed by atoms with Gasteiger partial charge in [-0.1, -0.05) is 43.2 Å². The van der Waals surface area contributed by atoms with Gasteiger partial charge >= 0.3 is 0 Å². The van der Waals surface area contributed by atoms with E-state index in [0.29, 0.717) is 6.04 Å². The van der Waals surface area contributed by atoms with Crippen LogP contribution in [0.1, 0.15) is 70.5 Å². The van der Waals surface area contributed by atoms with Crippen molar-refractivity contribution in [3.8, 4) is 0 Å². The molecule has 0 unspecified atom stereocenters. The minimum atomic E-state index is -0.0914. The van der Waals surface area contributed by atoms with E-state index in [9.17, 15) is 4.79 Å². The average molecular weight is 495 g/mol. The lowest BCUT2D eigenvalue weighted by molar-refractivity contribution is -0.130. The molecule has 2 saturated heterocycles. The molecule has 0 radical (unpaired) electrons. The van der Waals surface area contributed by atoms with Gasteiger partial charge in [-0.05, 0) is 51.2 Å². The van der Waals surface area contributed by atoms with Crippen LogP contribution in [-0.2, 0) is 16.1 Å². The third-order valence-electron chi connectivity index (χ3n) is 8.31. The fourth-order valence-electron chi connectivity index (χ4n) is 5.97. The normalized spacial score (nSPS) is 25.2. The molecular weight excluding hydrogens is 452 g/mol. The van der Waals surface area contributed by atoms with Gasteiger partial charge in [-0.2, -0.15) is 0 Å². The number of piperazine rings is 1. The third-order valence-corrected chi connectivity index (χ3v) is 8.31. The molecule has 2 aromatic rings. The fourth-order valence-corrected chi connectivity index (χ4v) is 5.97. The van der Waals surface area contributed by atoms with E-state index in [0.717, 1.165) is 70.5 Å². The summed E-state index contributed by atoms with van der Waals surface area (Å²) < 4.78 is 8.33. The van der Waals surface area contributed by atoms with Crippen molar-refractivity contribution < 1.29 is 9.53 Å². The van der Waals surface area contributed by atoms with Crippen LogP contribution >= 0.6 is 0 Å². The van der Waals surface area contributed by atoms with E-state index in [1.54, 1.807) is 0 Å². The predicted molar refractivity (Wildman–Crippen MR) is 141 cm³/mol. The maximum absolute atomic E-state index is 12.7. The Labute approximate surface area is 215 Å². The van der Waals surface area contributed by atoms with Crippen molar-refractivity contribution in [2.45, 2.75) is 89.6 Å². The summed E-state index contributed by atoms with van der Waals surface area (Å²) in [5.74, 6) is 0.0670. The lowest BCUT2D eigenvalue weighted by Gasteiger charge is -2.35. The number of nitrogens with zero attached hydrogens (tertiary/aromatic N) is 5. The Morgan fingerprint density at radius 3 is 2.56 bits per heavy atom. The Balaban J connectivity index is 1.05. The zero-order valence-corrected chi connectivity index (χ0v) is 21.9. The van der Waals surface area contributed by atoms with Crippen molar-refractivity contribution in [2.24, 2.45) is 5.92 Å². The highest BCUT2D eigenvalue weighted by Crippen LogP contribution is 2.31. The standard InChI is InChI=1S/C28H42N6O2/c1-21(18-26-12-13-27(36-26)22(2)28(35)29-23-8-6-7-9-23)34-20-24(30-31-34)19-32-14-16-33(17-15-32)25-10-4-3-5-11-25/h3-5,10-11,20-23,26-27H,6-9,12-19H2,1-2H3,(H,29,35)/t21-,22+,26-,27+/m1/s1. The minimum Gasteiger partial charge on any atom is -0.374 e. The molecule has 1 aromatic heterocycles. The number of ether oxygens (including phenoxy) is 1. The van der Waals surface area contributed by atoms with Crippen molar-refractivity contribution in [3.63, 3.8) is 0 Å². The van der Waals surface area contributed by atoms with E-state index in [4.69, 9.17) is 4.74 Å². The van der Waals surface area contributed by atoms with Crippen LogP contribution in [0.2, 0.25) is 0 Å². The first-order valence-electron chi connectivity index (χ1n) is 13.9. The van der Waals surface area contributed by atoms with Gasteiger partial charge in [-0.3, -0.25) is 9.69 Å². The van der Waals surface area contributed by atoms with Gasteiger partial charge in [-0.15, -0.1) is 5.10 Å². The van der Waals surface area contributed by atoms with Crippen molar-refractivity contribution in [1.82, 2.24) is 25.2 Å². The summed E-state index contributed by atoms with van der Waals surface area (Å²) in [6.07, 6.45) is 9.83. The molecule has 8 heteroatoms. The highest BCUT2D eigenvalue weighted by atomic mass is 16.5. The van der Waals surface area contributed by atoms with Gasteiger partial charge in [0.15, 0.2) is 0 Å². The Kier molecular flexibility index (Phi) is 8.22. The van der Waals surface area contributed by atoms with Crippen molar-refractivity contribution in [3.05, 3.63) is 42.2 Å². The van der Waals surface area contributed by atoms with Crippen LogP contribution in [-0.4, -0.2) is 70.2 Å². The van der Waals surface area contributed by atoms with Gasteiger partial charge < -0.3 is 15.0 Å². The molecule has 1 saturated carbocycles. The zero-order valence-electron chi connectivity index (χ0n) is 21.9. The molecule has 3 fully saturated rings. The summed E-state index contributed by atoms with van der Waals surface area (Å²) in [6, 6.07) is 11.2. The Hall–Kier alpha value is -2.45.